The Labute approximate surface area is 170 Å². The minimum absolute atomic E-state index is 0.0758. The third kappa shape index (κ3) is 2.62. The molecule has 0 bridgehead atoms. The second-order valence-corrected chi connectivity index (χ2v) is 7.70. The van der Waals surface area contributed by atoms with Gasteiger partial charge in [0.2, 0.25) is 0 Å². The predicted octanol–water partition coefficient (Wildman–Crippen LogP) is 7.34. The van der Waals surface area contributed by atoms with Gasteiger partial charge in [-0.1, -0.05) is 97.1 Å². The molecule has 0 saturated carbocycles. The summed E-state index contributed by atoms with van der Waals surface area (Å²) >= 11 is 0. The van der Waals surface area contributed by atoms with Gasteiger partial charge in [-0.3, -0.25) is 0 Å². The highest BCUT2D eigenvalue weighted by atomic mass is 16.5. The highest BCUT2D eigenvalue weighted by Crippen LogP contribution is 2.46. The molecule has 1 aliphatic heterocycles. The van der Waals surface area contributed by atoms with Crippen molar-refractivity contribution in [1.29, 1.82) is 0 Å². The van der Waals surface area contributed by atoms with Crippen molar-refractivity contribution in [1.82, 2.24) is 0 Å². The number of hydrogen-bond donors (Lipinski definition) is 0. The molecule has 5 aromatic carbocycles. The summed E-state index contributed by atoms with van der Waals surface area (Å²) < 4.78 is 6.48. The van der Waals surface area contributed by atoms with Crippen molar-refractivity contribution in [3.63, 3.8) is 0 Å². The molecule has 0 saturated heterocycles. The lowest BCUT2D eigenvalue weighted by molar-refractivity contribution is 0.239. The van der Waals surface area contributed by atoms with Crippen LogP contribution in [0, 0.1) is 0 Å². The zero-order chi connectivity index (χ0) is 19.2. The van der Waals surface area contributed by atoms with Gasteiger partial charge in [0.25, 0.3) is 0 Å². The number of hydrogen-bond acceptors (Lipinski definition) is 1. The van der Waals surface area contributed by atoms with Gasteiger partial charge in [-0.15, -0.1) is 0 Å². The molecule has 1 heteroatoms. The van der Waals surface area contributed by atoms with Gasteiger partial charge in [0, 0.05) is 12.0 Å². The predicted molar refractivity (Wildman–Crippen MR) is 120 cm³/mol. The molecule has 0 fully saturated rings. The Hall–Kier alpha value is -3.58. The van der Waals surface area contributed by atoms with Crippen molar-refractivity contribution in [2.75, 3.05) is 0 Å². The average molecular weight is 372 g/mol. The van der Waals surface area contributed by atoms with E-state index in [4.69, 9.17) is 4.74 Å². The summed E-state index contributed by atoms with van der Waals surface area (Å²) in [6.45, 7) is 0. The Bertz CT molecular complexity index is 1340. The Morgan fingerprint density at radius 1 is 0.655 bits per heavy atom. The Morgan fingerprint density at radius 3 is 2.21 bits per heavy atom. The Morgan fingerprint density at radius 2 is 1.38 bits per heavy atom. The first-order valence-corrected chi connectivity index (χ1v) is 10.1. The van der Waals surface area contributed by atoms with Gasteiger partial charge in [0.05, 0.1) is 0 Å². The average Bonchev–Trinajstić information content (AvgIpc) is 3.24. The first-order chi connectivity index (χ1) is 14.4. The summed E-state index contributed by atoms with van der Waals surface area (Å²) in [6, 6.07) is 36.6. The molecule has 138 valence electrons. The van der Waals surface area contributed by atoms with Crippen LogP contribution in [0.4, 0.5) is 0 Å². The van der Waals surface area contributed by atoms with E-state index >= 15 is 0 Å². The van der Waals surface area contributed by atoms with Crippen LogP contribution in [0.25, 0.3) is 32.7 Å². The lowest BCUT2D eigenvalue weighted by Gasteiger charge is -2.14. The first kappa shape index (κ1) is 16.4. The molecule has 1 nitrogen and oxygen atoms in total. The number of ether oxygens (including phenoxy) is 1. The van der Waals surface area contributed by atoms with Crippen molar-refractivity contribution >= 4 is 21.5 Å². The van der Waals surface area contributed by atoms with Gasteiger partial charge in [-0.2, -0.15) is 0 Å². The first-order valence-electron chi connectivity index (χ1n) is 10.1. The molecular formula is C28H20O. The van der Waals surface area contributed by atoms with E-state index in [0.29, 0.717) is 0 Å². The minimum Gasteiger partial charge on any atom is -0.485 e. The maximum absolute atomic E-state index is 6.48. The SMILES string of the molecule is c1ccc(-c2cc3c(c4ccc5ccccc5c24)CC(c2ccccc2)O3)cc1. The van der Waals surface area contributed by atoms with E-state index in [9.17, 15) is 0 Å². The molecule has 0 aromatic heterocycles. The van der Waals surface area contributed by atoms with Gasteiger partial charge in [-0.05, 0) is 44.3 Å². The van der Waals surface area contributed by atoms with Crippen LogP contribution in [0.5, 0.6) is 5.75 Å². The highest BCUT2D eigenvalue weighted by molar-refractivity contribution is 6.16. The van der Waals surface area contributed by atoms with Gasteiger partial charge in [0.15, 0.2) is 0 Å². The molecule has 0 spiro atoms. The van der Waals surface area contributed by atoms with E-state index in [0.717, 1.165) is 12.2 Å². The second kappa shape index (κ2) is 6.49. The topological polar surface area (TPSA) is 9.23 Å². The van der Waals surface area contributed by atoms with Crippen LogP contribution in [-0.4, -0.2) is 0 Å². The molecule has 0 N–H and O–H groups in total. The maximum atomic E-state index is 6.48. The third-order valence-electron chi connectivity index (χ3n) is 6.01. The summed E-state index contributed by atoms with van der Waals surface area (Å²) in [5.41, 5.74) is 5.02. The molecule has 1 heterocycles. The molecule has 5 aromatic rings. The van der Waals surface area contributed by atoms with Crippen molar-refractivity contribution in [3.05, 3.63) is 114 Å². The minimum atomic E-state index is 0.0758. The van der Waals surface area contributed by atoms with Crippen LogP contribution in [0.15, 0.2) is 103 Å². The summed E-state index contributed by atoms with van der Waals surface area (Å²) in [5, 5.41) is 5.20. The Balaban J connectivity index is 1.64. The molecule has 1 aliphatic rings. The fourth-order valence-corrected chi connectivity index (χ4v) is 4.63. The molecular weight excluding hydrogens is 352 g/mol. The molecule has 6 rings (SSSR count). The lowest BCUT2D eigenvalue weighted by atomic mass is 9.89. The molecule has 0 amide bonds. The van der Waals surface area contributed by atoms with Gasteiger partial charge < -0.3 is 4.74 Å². The number of rotatable bonds is 2. The van der Waals surface area contributed by atoms with E-state index in [-0.39, 0.29) is 6.10 Å². The van der Waals surface area contributed by atoms with Crippen LogP contribution < -0.4 is 4.74 Å². The number of benzene rings is 5. The van der Waals surface area contributed by atoms with E-state index in [1.165, 1.54) is 43.8 Å². The van der Waals surface area contributed by atoms with Crippen LogP contribution in [0.1, 0.15) is 17.2 Å². The van der Waals surface area contributed by atoms with Crippen LogP contribution in [0.2, 0.25) is 0 Å². The summed E-state index contributed by atoms with van der Waals surface area (Å²) in [5.74, 6) is 1.01. The molecule has 29 heavy (non-hydrogen) atoms. The van der Waals surface area contributed by atoms with Gasteiger partial charge in [0.1, 0.15) is 11.9 Å². The van der Waals surface area contributed by atoms with Crippen LogP contribution in [0.3, 0.4) is 0 Å². The third-order valence-corrected chi connectivity index (χ3v) is 6.01. The molecule has 0 radical (unpaired) electrons. The van der Waals surface area contributed by atoms with E-state index < -0.39 is 0 Å². The van der Waals surface area contributed by atoms with Crippen molar-refractivity contribution < 1.29 is 4.74 Å². The molecule has 0 aliphatic carbocycles. The molecule has 1 atom stereocenters. The second-order valence-electron chi connectivity index (χ2n) is 7.70. The summed E-state index contributed by atoms with van der Waals surface area (Å²) in [4.78, 5) is 0. The quantitative estimate of drug-likeness (QED) is 0.295. The fraction of sp³-hybridized carbons (Fsp3) is 0.0714. The normalized spacial score (nSPS) is 15.4. The van der Waals surface area contributed by atoms with Crippen LogP contribution >= 0.6 is 0 Å². The van der Waals surface area contributed by atoms with E-state index in [1.54, 1.807) is 0 Å². The van der Waals surface area contributed by atoms with Crippen molar-refractivity contribution in [2.45, 2.75) is 12.5 Å². The van der Waals surface area contributed by atoms with Gasteiger partial charge in [-0.25, -0.2) is 0 Å². The smallest absolute Gasteiger partial charge is 0.128 e. The summed E-state index contributed by atoms with van der Waals surface area (Å²) in [6.07, 6.45) is 0.982. The van der Waals surface area contributed by atoms with Crippen molar-refractivity contribution in [3.8, 4) is 16.9 Å². The lowest BCUT2D eigenvalue weighted by Crippen LogP contribution is -2.02. The summed E-state index contributed by atoms with van der Waals surface area (Å²) in [7, 11) is 0. The number of fused-ring (bicyclic) bond motifs is 5. The zero-order valence-electron chi connectivity index (χ0n) is 16.0. The Kier molecular flexibility index (Phi) is 3.67. The van der Waals surface area contributed by atoms with Crippen molar-refractivity contribution in [2.24, 2.45) is 0 Å². The van der Waals surface area contributed by atoms with E-state index in [2.05, 4.69) is 103 Å². The standard InChI is InChI=1S/C28H20O/c1-3-9-19(10-4-1)24-17-27-25(18-26(29-27)21-12-5-2-6-13-21)23-16-15-20-11-7-8-14-22(20)28(23)24/h1-17,26H,18H2. The van der Waals surface area contributed by atoms with Gasteiger partial charge >= 0.3 is 0 Å². The fourth-order valence-electron chi connectivity index (χ4n) is 4.63. The largest absolute Gasteiger partial charge is 0.485 e. The maximum Gasteiger partial charge on any atom is 0.128 e. The van der Waals surface area contributed by atoms with E-state index in [1.807, 2.05) is 0 Å². The monoisotopic (exact) mass is 372 g/mol. The zero-order valence-corrected chi connectivity index (χ0v) is 16.0. The van der Waals surface area contributed by atoms with Crippen LogP contribution in [-0.2, 0) is 6.42 Å². The highest BCUT2D eigenvalue weighted by Gasteiger charge is 2.28. The molecule has 1 unspecified atom stereocenters.